The minimum Gasteiger partial charge on any atom is -0.317 e. The second-order valence-corrected chi connectivity index (χ2v) is 8.34. The summed E-state index contributed by atoms with van der Waals surface area (Å²) in [5.41, 5.74) is 0.413. The van der Waals surface area contributed by atoms with Gasteiger partial charge in [0.2, 0.25) is 0 Å². The monoisotopic (exact) mass is 281 g/mol. The molecule has 0 aromatic rings. The Hall–Kier alpha value is -0.120. The Labute approximate surface area is 126 Å². The Morgan fingerprint density at radius 3 is 2.05 bits per heavy atom. The smallest absolute Gasteiger partial charge is 0.0198 e. The van der Waals surface area contributed by atoms with E-state index in [0.717, 1.165) is 5.92 Å². The van der Waals surface area contributed by atoms with Gasteiger partial charge in [-0.15, -0.1) is 0 Å². The van der Waals surface area contributed by atoms with E-state index in [-0.39, 0.29) is 0 Å². The molecule has 20 heavy (non-hydrogen) atoms. The van der Waals surface area contributed by atoms with Crippen molar-refractivity contribution in [1.82, 2.24) is 15.1 Å². The zero-order valence-corrected chi connectivity index (χ0v) is 14.3. The highest BCUT2D eigenvalue weighted by atomic mass is 15.3. The van der Waals surface area contributed by atoms with Crippen LogP contribution in [0.1, 0.15) is 47.5 Å². The summed E-state index contributed by atoms with van der Waals surface area (Å²) in [5, 5.41) is 3.48. The van der Waals surface area contributed by atoms with Gasteiger partial charge in [0.05, 0.1) is 0 Å². The predicted octanol–water partition coefficient (Wildman–Crippen LogP) is 2.43. The van der Waals surface area contributed by atoms with Crippen molar-refractivity contribution in [3.05, 3.63) is 0 Å². The third-order valence-corrected chi connectivity index (χ3v) is 4.80. The van der Waals surface area contributed by atoms with Crippen LogP contribution in [0.2, 0.25) is 0 Å². The molecule has 0 radical (unpaired) electrons. The van der Waals surface area contributed by atoms with Gasteiger partial charge in [-0.1, -0.05) is 20.8 Å². The molecule has 2 unspecified atom stereocenters. The van der Waals surface area contributed by atoms with Gasteiger partial charge in [0, 0.05) is 38.3 Å². The fourth-order valence-electron chi connectivity index (χ4n) is 3.99. The van der Waals surface area contributed by atoms with E-state index in [1.165, 1.54) is 52.1 Å². The Morgan fingerprint density at radius 1 is 1.00 bits per heavy atom. The molecule has 0 spiro atoms. The van der Waals surface area contributed by atoms with Crippen LogP contribution in [-0.2, 0) is 0 Å². The molecule has 0 aromatic heterocycles. The van der Waals surface area contributed by atoms with E-state index in [4.69, 9.17) is 0 Å². The molecule has 0 aliphatic carbocycles. The van der Waals surface area contributed by atoms with Crippen molar-refractivity contribution in [2.75, 3.05) is 39.3 Å². The second-order valence-electron chi connectivity index (χ2n) is 8.34. The van der Waals surface area contributed by atoms with Crippen LogP contribution in [0.15, 0.2) is 0 Å². The Balaban J connectivity index is 1.86. The molecule has 2 aliphatic heterocycles. The molecular weight excluding hydrogens is 246 g/mol. The fourth-order valence-corrected chi connectivity index (χ4v) is 3.99. The number of hydrogen-bond acceptors (Lipinski definition) is 3. The maximum atomic E-state index is 3.48. The van der Waals surface area contributed by atoms with Crippen LogP contribution in [0.5, 0.6) is 0 Å². The van der Waals surface area contributed by atoms with Crippen LogP contribution in [0.25, 0.3) is 0 Å². The van der Waals surface area contributed by atoms with Gasteiger partial charge in [-0.05, 0) is 51.1 Å². The molecule has 0 bridgehead atoms. The highest BCUT2D eigenvalue weighted by Gasteiger charge is 2.32. The molecule has 3 nitrogen and oxygen atoms in total. The molecule has 0 amide bonds. The number of nitrogens with one attached hydrogen (secondary N) is 1. The topological polar surface area (TPSA) is 18.5 Å². The van der Waals surface area contributed by atoms with Crippen molar-refractivity contribution < 1.29 is 0 Å². The molecule has 1 N–H and O–H groups in total. The first-order valence-electron chi connectivity index (χ1n) is 8.54. The van der Waals surface area contributed by atoms with Crippen molar-refractivity contribution in [3.63, 3.8) is 0 Å². The first kappa shape index (κ1) is 16.3. The molecule has 2 atom stereocenters. The van der Waals surface area contributed by atoms with E-state index in [1.807, 2.05) is 0 Å². The summed E-state index contributed by atoms with van der Waals surface area (Å²) in [6.07, 6.45) is 2.73. The van der Waals surface area contributed by atoms with Gasteiger partial charge >= 0.3 is 0 Å². The summed E-state index contributed by atoms with van der Waals surface area (Å²) in [5.74, 6) is 0.912. The number of piperidine rings is 1. The zero-order chi connectivity index (χ0) is 14.8. The maximum Gasteiger partial charge on any atom is 0.0198 e. The zero-order valence-electron chi connectivity index (χ0n) is 14.3. The molecule has 2 heterocycles. The van der Waals surface area contributed by atoms with Crippen molar-refractivity contribution in [2.24, 2.45) is 11.3 Å². The number of hydrogen-bond donors (Lipinski definition) is 1. The molecule has 2 saturated heterocycles. The Morgan fingerprint density at radius 2 is 1.55 bits per heavy atom. The van der Waals surface area contributed by atoms with Gasteiger partial charge in [0.15, 0.2) is 0 Å². The van der Waals surface area contributed by atoms with Crippen LogP contribution in [0.3, 0.4) is 0 Å². The molecule has 0 saturated carbocycles. The summed E-state index contributed by atoms with van der Waals surface area (Å²) >= 11 is 0. The van der Waals surface area contributed by atoms with Crippen molar-refractivity contribution in [3.8, 4) is 0 Å². The summed E-state index contributed by atoms with van der Waals surface area (Å²) in [6.45, 7) is 19.4. The summed E-state index contributed by atoms with van der Waals surface area (Å²) in [4.78, 5) is 5.45. The number of piperazine rings is 1. The first-order valence-corrected chi connectivity index (χ1v) is 8.54. The molecule has 2 rings (SSSR count). The predicted molar refractivity (Wildman–Crippen MR) is 87.1 cm³/mol. The first-order chi connectivity index (χ1) is 9.35. The van der Waals surface area contributed by atoms with E-state index in [1.54, 1.807) is 0 Å². The average molecular weight is 281 g/mol. The minimum atomic E-state index is 0.413. The molecule has 3 heteroatoms. The molecule has 0 aromatic carbocycles. The van der Waals surface area contributed by atoms with Gasteiger partial charge in [-0.25, -0.2) is 0 Å². The minimum absolute atomic E-state index is 0.413. The van der Waals surface area contributed by atoms with E-state index in [9.17, 15) is 0 Å². The second kappa shape index (κ2) is 6.76. The van der Waals surface area contributed by atoms with Gasteiger partial charge in [-0.3, -0.25) is 9.80 Å². The molecule has 2 fully saturated rings. The van der Waals surface area contributed by atoms with Gasteiger partial charge in [0.25, 0.3) is 0 Å². The van der Waals surface area contributed by atoms with Crippen molar-refractivity contribution in [1.29, 1.82) is 0 Å². The van der Waals surface area contributed by atoms with E-state index in [0.29, 0.717) is 17.5 Å². The Kier molecular flexibility index (Phi) is 5.49. The van der Waals surface area contributed by atoms with Crippen molar-refractivity contribution in [2.45, 2.75) is 59.5 Å². The molecular formula is C17H35N3. The molecule has 2 aliphatic rings. The largest absolute Gasteiger partial charge is 0.317 e. The third kappa shape index (κ3) is 4.71. The highest BCUT2D eigenvalue weighted by molar-refractivity contribution is 4.88. The van der Waals surface area contributed by atoms with Gasteiger partial charge < -0.3 is 5.32 Å². The van der Waals surface area contributed by atoms with Crippen LogP contribution < -0.4 is 5.32 Å². The van der Waals surface area contributed by atoms with Crippen LogP contribution in [0.4, 0.5) is 0 Å². The lowest BCUT2D eigenvalue weighted by molar-refractivity contribution is 0.0112. The quantitative estimate of drug-likeness (QED) is 0.857. The van der Waals surface area contributed by atoms with Crippen LogP contribution in [0, 0.1) is 11.3 Å². The lowest BCUT2D eigenvalue weighted by Gasteiger charge is -2.47. The van der Waals surface area contributed by atoms with Crippen LogP contribution >= 0.6 is 0 Å². The SMILES string of the molecule is CC1CN(CC(C)(C)C)CC(C)N1CC1CCNCC1. The number of nitrogens with zero attached hydrogens (tertiary/aromatic N) is 2. The average Bonchev–Trinajstić information content (AvgIpc) is 2.33. The van der Waals surface area contributed by atoms with E-state index in [2.05, 4.69) is 49.7 Å². The van der Waals surface area contributed by atoms with E-state index >= 15 is 0 Å². The number of rotatable bonds is 3. The molecule has 118 valence electrons. The normalized spacial score (nSPS) is 31.6. The lowest BCUT2D eigenvalue weighted by Crippen LogP contribution is -2.59. The summed E-state index contributed by atoms with van der Waals surface area (Å²) in [7, 11) is 0. The fraction of sp³-hybridized carbons (Fsp3) is 1.00. The standard InChI is InChI=1S/C17H35N3/c1-14-10-19(13-17(3,4)5)11-15(2)20(14)12-16-6-8-18-9-7-16/h14-16,18H,6-13H2,1-5H3. The summed E-state index contributed by atoms with van der Waals surface area (Å²) in [6, 6.07) is 1.41. The van der Waals surface area contributed by atoms with Crippen LogP contribution in [-0.4, -0.2) is 61.2 Å². The van der Waals surface area contributed by atoms with Crippen molar-refractivity contribution >= 4 is 0 Å². The van der Waals surface area contributed by atoms with Gasteiger partial charge in [-0.2, -0.15) is 0 Å². The maximum absolute atomic E-state index is 3.48. The lowest BCUT2D eigenvalue weighted by atomic mass is 9.93. The van der Waals surface area contributed by atoms with E-state index < -0.39 is 0 Å². The third-order valence-electron chi connectivity index (χ3n) is 4.80. The van der Waals surface area contributed by atoms with Gasteiger partial charge in [0.1, 0.15) is 0 Å². The Bertz CT molecular complexity index is 279. The summed E-state index contributed by atoms with van der Waals surface area (Å²) < 4.78 is 0. The highest BCUT2D eigenvalue weighted by Crippen LogP contribution is 2.24.